The molecule has 1 aromatic carbocycles. The maximum Gasteiger partial charge on any atom is 0.262 e. The molecule has 0 saturated heterocycles. The van der Waals surface area contributed by atoms with E-state index in [0.29, 0.717) is 11.3 Å². The lowest BCUT2D eigenvalue weighted by Gasteiger charge is -2.15. The summed E-state index contributed by atoms with van der Waals surface area (Å²) in [6.45, 7) is 1.59. The standard InChI is InChI=1S/C15H13N3O4/c1-7-2-3-8(6-19)4-10(7)18-11(20)5-9-12(13(18)16)15(22)17-14(9)21/h2-5,19H,6,16H2,1H3,(H,17,21,22). The first-order valence-corrected chi connectivity index (χ1v) is 6.56. The summed E-state index contributed by atoms with van der Waals surface area (Å²) >= 11 is 0. The van der Waals surface area contributed by atoms with E-state index >= 15 is 0 Å². The zero-order valence-electron chi connectivity index (χ0n) is 11.7. The summed E-state index contributed by atoms with van der Waals surface area (Å²) in [5, 5.41) is 11.4. The van der Waals surface area contributed by atoms with Gasteiger partial charge in [-0.1, -0.05) is 12.1 Å². The minimum atomic E-state index is -0.628. The fourth-order valence-corrected chi connectivity index (χ4v) is 2.52. The first-order chi connectivity index (χ1) is 10.4. The van der Waals surface area contributed by atoms with Gasteiger partial charge in [-0.05, 0) is 24.1 Å². The van der Waals surface area contributed by atoms with Crippen LogP contribution in [-0.4, -0.2) is 21.5 Å². The average molecular weight is 299 g/mol. The van der Waals surface area contributed by atoms with Gasteiger partial charge in [-0.25, -0.2) is 0 Å². The number of rotatable bonds is 2. The van der Waals surface area contributed by atoms with Crippen molar-refractivity contribution < 1.29 is 14.7 Å². The van der Waals surface area contributed by atoms with Crippen molar-refractivity contribution in [2.75, 3.05) is 5.73 Å². The molecule has 2 heterocycles. The molecule has 0 aliphatic carbocycles. The Morgan fingerprint density at radius 3 is 2.59 bits per heavy atom. The smallest absolute Gasteiger partial charge is 0.262 e. The van der Waals surface area contributed by atoms with Gasteiger partial charge in [-0.15, -0.1) is 0 Å². The molecular weight excluding hydrogens is 286 g/mol. The minimum absolute atomic E-state index is 0.00148. The monoisotopic (exact) mass is 299 g/mol. The third kappa shape index (κ3) is 1.91. The topological polar surface area (TPSA) is 114 Å². The predicted octanol–water partition coefficient (Wildman–Crippen LogP) is 0.104. The Morgan fingerprint density at radius 1 is 1.18 bits per heavy atom. The van der Waals surface area contributed by atoms with Crippen molar-refractivity contribution in [1.82, 2.24) is 9.88 Å². The Labute approximate surface area is 125 Å². The van der Waals surface area contributed by atoms with Crippen LogP contribution in [0, 0.1) is 6.92 Å². The highest BCUT2D eigenvalue weighted by Crippen LogP contribution is 2.24. The number of imide groups is 1. The summed E-state index contributed by atoms with van der Waals surface area (Å²) in [6.07, 6.45) is 0. The van der Waals surface area contributed by atoms with E-state index in [-0.39, 0.29) is 23.6 Å². The van der Waals surface area contributed by atoms with E-state index in [0.717, 1.165) is 11.6 Å². The number of amides is 2. The van der Waals surface area contributed by atoms with Gasteiger partial charge in [0.05, 0.1) is 23.4 Å². The lowest BCUT2D eigenvalue weighted by Crippen LogP contribution is -2.24. The highest BCUT2D eigenvalue weighted by atomic mass is 16.3. The van der Waals surface area contributed by atoms with Gasteiger partial charge in [0, 0.05) is 6.07 Å². The van der Waals surface area contributed by atoms with Gasteiger partial charge < -0.3 is 10.8 Å². The third-order valence-electron chi connectivity index (χ3n) is 3.65. The molecule has 22 heavy (non-hydrogen) atoms. The first kappa shape index (κ1) is 14.0. The number of nitrogens with zero attached hydrogens (tertiary/aromatic N) is 1. The molecule has 1 aliphatic rings. The number of pyridine rings is 1. The first-order valence-electron chi connectivity index (χ1n) is 6.56. The van der Waals surface area contributed by atoms with Gasteiger partial charge in [-0.2, -0.15) is 0 Å². The maximum atomic E-state index is 12.3. The Morgan fingerprint density at radius 2 is 1.91 bits per heavy atom. The number of hydrogen-bond donors (Lipinski definition) is 3. The van der Waals surface area contributed by atoms with Crippen LogP contribution in [0.2, 0.25) is 0 Å². The molecule has 1 aromatic heterocycles. The summed E-state index contributed by atoms with van der Waals surface area (Å²) in [4.78, 5) is 35.8. The number of hydrogen-bond acceptors (Lipinski definition) is 5. The number of anilines is 1. The van der Waals surface area contributed by atoms with E-state index in [1.165, 1.54) is 4.57 Å². The molecule has 2 amide bonds. The molecule has 7 heteroatoms. The van der Waals surface area contributed by atoms with Crippen LogP contribution in [0.25, 0.3) is 5.69 Å². The Hall–Kier alpha value is -2.93. The molecule has 0 bridgehead atoms. The van der Waals surface area contributed by atoms with E-state index in [1.807, 2.05) is 0 Å². The number of benzene rings is 1. The average Bonchev–Trinajstić information content (AvgIpc) is 2.75. The molecule has 0 saturated carbocycles. The largest absolute Gasteiger partial charge is 0.392 e. The van der Waals surface area contributed by atoms with E-state index in [1.54, 1.807) is 25.1 Å². The number of nitrogens with one attached hydrogen (secondary N) is 1. The fourth-order valence-electron chi connectivity index (χ4n) is 2.52. The molecule has 1 aliphatic heterocycles. The lowest BCUT2D eigenvalue weighted by molar-refractivity contribution is 0.0880. The van der Waals surface area contributed by atoms with Crippen molar-refractivity contribution in [2.24, 2.45) is 0 Å². The number of carbonyl (C=O) groups excluding carboxylic acids is 2. The van der Waals surface area contributed by atoms with Crippen LogP contribution in [-0.2, 0) is 6.61 Å². The van der Waals surface area contributed by atoms with Gasteiger partial charge in [0.1, 0.15) is 5.82 Å². The number of aromatic nitrogens is 1. The molecule has 3 rings (SSSR count). The summed E-state index contributed by atoms with van der Waals surface area (Å²) in [7, 11) is 0. The number of fused-ring (bicyclic) bond motifs is 1. The van der Waals surface area contributed by atoms with Crippen molar-refractivity contribution in [3.8, 4) is 5.69 Å². The summed E-state index contributed by atoms with van der Waals surface area (Å²) in [5.74, 6) is -1.34. The van der Waals surface area contributed by atoms with Crippen LogP contribution < -0.4 is 16.6 Å². The maximum absolute atomic E-state index is 12.3. The molecule has 0 fully saturated rings. The van der Waals surface area contributed by atoms with Crippen molar-refractivity contribution in [1.29, 1.82) is 0 Å². The molecule has 0 spiro atoms. The minimum Gasteiger partial charge on any atom is -0.392 e. The van der Waals surface area contributed by atoms with E-state index in [9.17, 15) is 19.5 Å². The number of carbonyl (C=O) groups is 2. The normalized spacial score (nSPS) is 13.2. The highest BCUT2D eigenvalue weighted by molar-refractivity contribution is 6.23. The quantitative estimate of drug-likeness (QED) is 0.681. The second kappa shape index (κ2) is 4.81. The molecule has 7 nitrogen and oxygen atoms in total. The van der Waals surface area contributed by atoms with Gasteiger partial charge in [-0.3, -0.25) is 24.3 Å². The highest BCUT2D eigenvalue weighted by Gasteiger charge is 2.32. The Bertz CT molecular complexity index is 883. The van der Waals surface area contributed by atoms with Crippen molar-refractivity contribution in [2.45, 2.75) is 13.5 Å². The van der Waals surface area contributed by atoms with E-state index in [4.69, 9.17) is 5.73 Å². The van der Waals surface area contributed by atoms with Crippen LogP contribution in [0.1, 0.15) is 31.8 Å². The van der Waals surface area contributed by atoms with Gasteiger partial charge in [0.25, 0.3) is 17.4 Å². The van der Waals surface area contributed by atoms with Crippen LogP contribution in [0.3, 0.4) is 0 Å². The zero-order valence-corrected chi connectivity index (χ0v) is 11.7. The number of aryl methyl sites for hydroxylation is 1. The Kier molecular flexibility index (Phi) is 3.07. The molecule has 4 N–H and O–H groups in total. The van der Waals surface area contributed by atoms with E-state index in [2.05, 4.69) is 5.32 Å². The molecule has 112 valence electrons. The van der Waals surface area contributed by atoms with Gasteiger partial charge >= 0.3 is 0 Å². The number of nitrogen functional groups attached to an aromatic ring is 1. The Balaban J connectivity index is 2.35. The SMILES string of the molecule is Cc1ccc(CO)cc1-n1c(N)c2c(cc1=O)C(=O)NC2=O. The summed E-state index contributed by atoms with van der Waals surface area (Å²) in [6, 6.07) is 6.18. The molecular formula is C15H13N3O4. The van der Waals surface area contributed by atoms with Crippen LogP contribution in [0.4, 0.5) is 5.82 Å². The van der Waals surface area contributed by atoms with Crippen molar-refractivity contribution >= 4 is 17.6 Å². The second-order valence-corrected chi connectivity index (χ2v) is 5.05. The zero-order chi connectivity index (χ0) is 16.0. The summed E-state index contributed by atoms with van der Waals surface area (Å²) < 4.78 is 1.17. The number of aliphatic hydroxyl groups excluding tert-OH is 1. The second-order valence-electron chi connectivity index (χ2n) is 5.05. The van der Waals surface area contributed by atoms with Crippen molar-refractivity contribution in [3.63, 3.8) is 0 Å². The van der Waals surface area contributed by atoms with Crippen LogP contribution in [0.5, 0.6) is 0 Å². The van der Waals surface area contributed by atoms with Gasteiger partial charge in [0.15, 0.2) is 0 Å². The van der Waals surface area contributed by atoms with Gasteiger partial charge in [0.2, 0.25) is 0 Å². The molecule has 0 atom stereocenters. The van der Waals surface area contributed by atoms with Crippen LogP contribution in [0.15, 0.2) is 29.1 Å². The van der Waals surface area contributed by atoms with Crippen molar-refractivity contribution in [3.05, 3.63) is 56.9 Å². The number of nitrogens with two attached hydrogens (primary N) is 1. The van der Waals surface area contributed by atoms with E-state index < -0.39 is 17.4 Å². The molecule has 2 aromatic rings. The molecule has 0 radical (unpaired) electrons. The fraction of sp³-hybridized carbons (Fsp3) is 0.133. The summed E-state index contributed by atoms with van der Waals surface area (Å²) in [5.41, 5.74) is 7.25. The lowest BCUT2D eigenvalue weighted by atomic mass is 10.1. The predicted molar refractivity (Wildman–Crippen MR) is 78.9 cm³/mol. The number of aliphatic hydroxyl groups is 1. The third-order valence-corrected chi connectivity index (χ3v) is 3.65. The molecule has 0 unspecified atom stereocenters. The van der Waals surface area contributed by atoms with Crippen LogP contribution >= 0.6 is 0 Å².